The molecule has 1 aromatic carbocycles. The molecule has 0 spiro atoms. The van der Waals surface area contributed by atoms with Crippen molar-refractivity contribution < 1.29 is 14.3 Å². The molecule has 4 nitrogen and oxygen atoms in total. The third kappa shape index (κ3) is 4.18. The topological polar surface area (TPSA) is 46.6 Å². The average molecular weight is 335 g/mol. The molecule has 1 aliphatic heterocycles. The lowest BCUT2D eigenvalue weighted by Crippen LogP contribution is -2.29. The average Bonchev–Trinajstić information content (AvgIpc) is 2.76. The number of thioether (sulfide) groups is 1. The fraction of sp³-hybridized carbons (Fsp3) is 0.312. The maximum absolute atomic E-state index is 12.4. The van der Waals surface area contributed by atoms with Crippen LogP contribution in [0.4, 0.5) is 0 Å². The SMILES string of the molecule is COC(=O)CCCN1C(=O)/C(=C/c2ccc(C)cc2)SC1=S. The third-order valence-electron chi connectivity index (χ3n) is 3.24. The molecule has 22 heavy (non-hydrogen) atoms. The molecule has 0 N–H and O–H groups in total. The zero-order valence-corrected chi connectivity index (χ0v) is 14.1. The van der Waals surface area contributed by atoms with Gasteiger partial charge in [-0.2, -0.15) is 0 Å². The van der Waals surface area contributed by atoms with Gasteiger partial charge in [0.1, 0.15) is 4.32 Å². The number of thiocarbonyl (C=S) groups is 1. The van der Waals surface area contributed by atoms with Gasteiger partial charge < -0.3 is 4.74 Å². The number of aryl methyl sites for hydroxylation is 1. The molecule has 6 heteroatoms. The molecule has 1 fully saturated rings. The van der Waals surface area contributed by atoms with Crippen LogP contribution in [0.1, 0.15) is 24.0 Å². The van der Waals surface area contributed by atoms with E-state index in [1.165, 1.54) is 24.4 Å². The lowest BCUT2D eigenvalue weighted by Gasteiger charge is -2.13. The maximum Gasteiger partial charge on any atom is 0.305 e. The molecule has 0 aliphatic carbocycles. The Bertz CT molecular complexity index is 623. The van der Waals surface area contributed by atoms with Gasteiger partial charge in [0.2, 0.25) is 0 Å². The minimum Gasteiger partial charge on any atom is -0.469 e. The first kappa shape index (κ1) is 16.7. The molecule has 1 aliphatic rings. The number of carbonyl (C=O) groups is 2. The van der Waals surface area contributed by atoms with Crippen molar-refractivity contribution >= 4 is 46.3 Å². The zero-order chi connectivity index (χ0) is 16.1. The number of methoxy groups -OCH3 is 1. The molecule has 116 valence electrons. The van der Waals surface area contributed by atoms with Gasteiger partial charge in [-0.1, -0.05) is 53.8 Å². The van der Waals surface area contributed by atoms with Crippen LogP contribution in [0, 0.1) is 6.92 Å². The van der Waals surface area contributed by atoms with Crippen LogP contribution in [0.2, 0.25) is 0 Å². The van der Waals surface area contributed by atoms with Gasteiger partial charge in [-0.25, -0.2) is 0 Å². The first-order valence-corrected chi connectivity index (χ1v) is 8.12. The van der Waals surface area contributed by atoms with E-state index in [0.717, 1.165) is 5.56 Å². The van der Waals surface area contributed by atoms with Crippen molar-refractivity contribution in [3.8, 4) is 0 Å². The first-order valence-electron chi connectivity index (χ1n) is 6.90. The number of ether oxygens (including phenoxy) is 1. The highest BCUT2D eigenvalue weighted by Crippen LogP contribution is 2.32. The van der Waals surface area contributed by atoms with E-state index >= 15 is 0 Å². The van der Waals surface area contributed by atoms with Gasteiger partial charge in [0.05, 0.1) is 12.0 Å². The fourth-order valence-electron chi connectivity index (χ4n) is 1.99. The summed E-state index contributed by atoms with van der Waals surface area (Å²) in [6.45, 7) is 2.45. The van der Waals surface area contributed by atoms with Crippen molar-refractivity contribution in [2.24, 2.45) is 0 Å². The van der Waals surface area contributed by atoms with Crippen LogP contribution < -0.4 is 0 Å². The second-order valence-corrected chi connectivity index (χ2v) is 6.60. The van der Waals surface area contributed by atoms with E-state index in [0.29, 0.717) is 22.2 Å². The molecule has 0 saturated carbocycles. The second kappa shape index (κ2) is 7.56. The minimum absolute atomic E-state index is 0.0968. The molecule has 0 atom stereocenters. The van der Waals surface area contributed by atoms with Crippen molar-refractivity contribution in [1.82, 2.24) is 4.90 Å². The third-order valence-corrected chi connectivity index (χ3v) is 4.62. The molecule has 1 saturated heterocycles. The number of hydrogen-bond acceptors (Lipinski definition) is 5. The summed E-state index contributed by atoms with van der Waals surface area (Å²) in [6.07, 6.45) is 2.67. The highest BCUT2D eigenvalue weighted by Gasteiger charge is 2.31. The van der Waals surface area contributed by atoms with Crippen molar-refractivity contribution in [2.75, 3.05) is 13.7 Å². The molecule has 0 unspecified atom stereocenters. The molecule has 0 aromatic heterocycles. The monoisotopic (exact) mass is 335 g/mol. The Kier molecular flexibility index (Phi) is 5.74. The van der Waals surface area contributed by atoms with Gasteiger partial charge in [-0.15, -0.1) is 0 Å². The van der Waals surface area contributed by atoms with Gasteiger partial charge in [-0.3, -0.25) is 14.5 Å². The van der Waals surface area contributed by atoms with Crippen LogP contribution in [0.3, 0.4) is 0 Å². The molecule has 2 rings (SSSR count). The van der Waals surface area contributed by atoms with Crippen molar-refractivity contribution in [1.29, 1.82) is 0 Å². The van der Waals surface area contributed by atoms with E-state index in [1.807, 2.05) is 37.3 Å². The maximum atomic E-state index is 12.4. The molecule has 1 heterocycles. The standard InChI is InChI=1S/C16H17NO3S2/c1-11-5-7-12(8-6-11)10-13-15(19)17(16(21)22-13)9-3-4-14(18)20-2/h5-8,10H,3-4,9H2,1-2H3/b13-10-. The lowest BCUT2D eigenvalue weighted by molar-refractivity contribution is -0.141. The van der Waals surface area contributed by atoms with Crippen LogP contribution in [0.15, 0.2) is 29.2 Å². The largest absolute Gasteiger partial charge is 0.469 e. The molecule has 1 aromatic rings. The summed E-state index contributed by atoms with van der Waals surface area (Å²) in [4.78, 5) is 25.6. The number of rotatable bonds is 5. The van der Waals surface area contributed by atoms with Gasteiger partial charge in [0.25, 0.3) is 5.91 Å². The van der Waals surface area contributed by atoms with Crippen molar-refractivity contribution in [3.05, 3.63) is 40.3 Å². The quantitative estimate of drug-likeness (QED) is 0.470. The van der Waals surface area contributed by atoms with Gasteiger partial charge in [0.15, 0.2) is 0 Å². The van der Waals surface area contributed by atoms with Crippen LogP contribution in [-0.2, 0) is 14.3 Å². The Labute approximate surface area is 139 Å². The highest BCUT2D eigenvalue weighted by atomic mass is 32.2. The van der Waals surface area contributed by atoms with E-state index in [-0.39, 0.29) is 18.3 Å². The minimum atomic E-state index is -0.277. The number of carbonyl (C=O) groups excluding carboxylic acids is 2. The Hall–Kier alpha value is -1.66. The van der Waals surface area contributed by atoms with E-state index in [9.17, 15) is 9.59 Å². The summed E-state index contributed by atoms with van der Waals surface area (Å²) in [5.74, 6) is -0.374. The first-order chi connectivity index (χ1) is 10.5. The zero-order valence-electron chi connectivity index (χ0n) is 12.5. The summed E-state index contributed by atoms with van der Waals surface area (Å²) in [5, 5.41) is 0. The summed E-state index contributed by atoms with van der Waals surface area (Å²) in [6, 6.07) is 7.95. The Balaban J connectivity index is 2.02. The van der Waals surface area contributed by atoms with E-state index in [4.69, 9.17) is 12.2 Å². The smallest absolute Gasteiger partial charge is 0.305 e. The molecule has 0 bridgehead atoms. The fourth-order valence-corrected chi connectivity index (χ4v) is 3.30. The lowest BCUT2D eigenvalue weighted by atomic mass is 10.1. The Morgan fingerprint density at radius 1 is 1.36 bits per heavy atom. The van der Waals surface area contributed by atoms with Gasteiger partial charge in [-0.05, 0) is 25.0 Å². The second-order valence-electron chi connectivity index (χ2n) is 4.92. The van der Waals surface area contributed by atoms with E-state index in [1.54, 1.807) is 4.90 Å². The van der Waals surface area contributed by atoms with Crippen LogP contribution in [0.5, 0.6) is 0 Å². The highest BCUT2D eigenvalue weighted by molar-refractivity contribution is 8.26. The molecular formula is C16H17NO3S2. The number of benzene rings is 1. The van der Waals surface area contributed by atoms with E-state index in [2.05, 4.69) is 4.74 Å². The van der Waals surface area contributed by atoms with E-state index < -0.39 is 0 Å². The summed E-state index contributed by atoms with van der Waals surface area (Å²) in [5.41, 5.74) is 2.15. The van der Waals surface area contributed by atoms with Gasteiger partial charge in [0, 0.05) is 13.0 Å². The van der Waals surface area contributed by atoms with Crippen LogP contribution >= 0.6 is 24.0 Å². The van der Waals surface area contributed by atoms with Crippen LogP contribution in [-0.4, -0.2) is 34.8 Å². The molecular weight excluding hydrogens is 318 g/mol. The van der Waals surface area contributed by atoms with Crippen molar-refractivity contribution in [2.45, 2.75) is 19.8 Å². The van der Waals surface area contributed by atoms with Crippen molar-refractivity contribution in [3.63, 3.8) is 0 Å². The predicted octanol–water partition coefficient (Wildman–Crippen LogP) is 3.15. The number of esters is 1. The van der Waals surface area contributed by atoms with Gasteiger partial charge >= 0.3 is 5.97 Å². The summed E-state index contributed by atoms with van der Waals surface area (Å²) < 4.78 is 5.12. The van der Waals surface area contributed by atoms with Crippen LogP contribution in [0.25, 0.3) is 6.08 Å². The molecule has 0 radical (unpaired) electrons. The number of amides is 1. The predicted molar refractivity (Wildman–Crippen MR) is 92.3 cm³/mol. The summed E-state index contributed by atoms with van der Waals surface area (Å²) >= 11 is 6.55. The number of nitrogens with zero attached hydrogens (tertiary/aromatic N) is 1. The molecule has 1 amide bonds. The number of hydrogen-bond donors (Lipinski definition) is 0. The normalized spacial score (nSPS) is 16.5. The Morgan fingerprint density at radius 2 is 2.05 bits per heavy atom. The summed E-state index contributed by atoms with van der Waals surface area (Å²) in [7, 11) is 1.35. The Morgan fingerprint density at radius 3 is 2.68 bits per heavy atom.